The molecule has 0 aliphatic heterocycles. The molecule has 0 saturated heterocycles. The molecule has 4 aromatic carbocycles. The van der Waals surface area contributed by atoms with Crippen LogP contribution in [0.5, 0.6) is 0 Å². The zero-order chi connectivity index (χ0) is 46.3. The van der Waals surface area contributed by atoms with E-state index < -0.39 is 10.1 Å². The molecule has 3 aromatic heterocycles. The Bertz CT molecular complexity index is 2960. The summed E-state index contributed by atoms with van der Waals surface area (Å²) in [5.74, 6) is 0.403. The summed E-state index contributed by atoms with van der Waals surface area (Å²) in [6.45, 7) is 14.8. The molecule has 0 spiro atoms. The van der Waals surface area contributed by atoms with Gasteiger partial charge in [-0.05, 0) is 113 Å². The second-order valence-electron chi connectivity index (χ2n) is 14.7. The van der Waals surface area contributed by atoms with Crippen LogP contribution in [0.25, 0.3) is 20.4 Å². The van der Waals surface area contributed by atoms with Crippen LogP contribution in [0, 0.1) is 13.8 Å². The van der Waals surface area contributed by atoms with E-state index in [-0.39, 0.29) is 59.7 Å². The molecule has 7 aromatic rings. The molecular formula is C43H50N14O5S3. The van der Waals surface area contributed by atoms with Gasteiger partial charge in [-0.3, -0.25) is 4.55 Å². The first kappa shape index (κ1) is 46.7. The van der Waals surface area contributed by atoms with E-state index in [2.05, 4.69) is 84.6 Å². The number of rotatable bonds is 20. The molecule has 0 atom stereocenters. The van der Waals surface area contributed by atoms with Gasteiger partial charge in [0.05, 0.1) is 39.5 Å². The molecule has 340 valence electrons. The molecule has 0 aliphatic carbocycles. The fourth-order valence-electron chi connectivity index (χ4n) is 7.02. The summed E-state index contributed by atoms with van der Waals surface area (Å²) in [4.78, 5) is 29.1. The van der Waals surface area contributed by atoms with Crippen molar-refractivity contribution in [2.75, 3.05) is 77.8 Å². The molecule has 0 bridgehead atoms. The third-order valence-corrected chi connectivity index (χ3v) is 12.9. The number of hydrogen-bond donors (Lipinski definition) is 5. The van der Waals surface area contributed by atoms with Crippen molar-refractivity contribution in [3.8, 4) is 0 Å². The molecular weight excluding hydrogens is 889 g/mol. The van der Waals surface area contributed by atoms with Gasteiger partial charge in [-0.1, -0.05) is 28.7 Å². The average Bonchev–Trinajstić information content (AvgIpc) is 3.89. The Hall–Kier alpha value is -6.30. The highest BCUT2D eigenvalue weighted by atomic mass is 32.2. The fourth-order valence-corrected chi connectivity index (χ4v) is 9.62. The fraction of sp³-hybridized carbons (Fsp3) is 0.326. The molecule has 19 nitrogen and oxygen atoms in total. The number of aliphatic hydroxyl groups is 2. The first-order chi connectivity index (χ1) is 31.3. The van der Waals surface area contributed by atoms with E-state index >= 15 is 0 Å². The molecule has 5 N–H and O–H groups in total. The van der Waals surface area contributed by atoms with Crippen molar-refractivity contribution >= 4 is 115 Å². The highest BCUT2D eigenvalue weighted by Crippen LogP contribution is 2.39. The SMILES string of the molecule is CCN(CC)c1ccc(/N=N/c2nc3ccc(C)cc3s2)c(Nc2nc(Nc3cc(N(CC)CC)ccc3/N=N/c3nc4c(S(=O)(=O)O)cc(C)cc4s3)nc(N(CCO)CCO)n2)c1. The number of nitrogens with one attached hydrogen (secondary N) is 2. The van der Waals surface area contributed by atoms with Gasteiger partial charge in [-0.15, -0.1) is 20.5 Å². The minimum absolute atomic E-state index is 0.0967. The lowest BCUT2D eigenvalue weighted by atomic mass is 10.2. The lowest BCUT2D eigenvalue weighted by Crippen LogP contribution is -2.31. The van der Waals surface area contributed by atoms with Crippen molar-refractivity contribution in [2.24, 2.45) is 20.5 Å². The maximum atomic E-state index is 12.2. The summed E-state index contributed by atoms with van der Waals surface area (Å²) in [5, 5.41) is 45.5. The van der Waals surface area contributed by atoms with Crippen LogP contribution in [0.4, 0.5) is 62.2 Å². The summed E-state index contributed by atoms with van der Waals surface area (Å²) in [7, 11) is -4.55. The lowest BCUT2D eigenvalue weighted by molar-refractivity contribution is 0.280. The van der Waals surface area contributed by atoms with Gasteiger partial charge in [0.2, 0.25) is 28.1 Å². The Morgan fingerprint density at radius 1 is 0.600 bits per heavy atom. The Balaban J connectivity index is 1.31. The minimum atomic E-state index is -4.55. The number of fused-ring (bicyclic) bond motifs is 2. The number of azo groups is 2. The number of benzene rings is 4. The second-order valence-corrected chi connectivity index (χ2v) is 18.1. The van der Waals surface area contributed by atoms with Crippen molar-refractivity contribution in [3.63, 3.8) is 0 Å². The van der Waals surface area contributed by atoms with Gasteiger partial charge < -0.3 is 35.5 Å². The Kier molecular flexibility index (Phi) is 14.9. The van der Waals surface area contributed by atoms with Crippen molar-refractivity contribution in [1.82, 2.24) is 24.9 Å². The molecule has 22 heteroatoms. The molecule has 3 heterocycles. The first-order valence-corrected chi connectivity index (χ1v) is 24.0. The normalized spacial score (nSPS) is 12.0. The van der Waals surface area contributed by atoms with Crippen LogP contribution in [0.2, 0.25) is 0 Å². The van der Waals surface area contributed by atoms with Crippen molar-refractivity contribution in [1.29, 1.82) is 0 Å². The molecule has 65 heavy (non-hydrogen) atoms. The molecule has 7 rings (SSSR count). The van der Waals surface area contributed by atoms with Crippen molar-refractivity contribution in [2.45, 2.75) is 46.4 Å². The summed E-state index contributed by atoms with van der Waals surface area (Å²) in [6, 6.07) is 20.6. The van der Waals surface area contributed by atoms with Gasteiger partial charge in [-0.2, -0.15) is 23.4 Å². The topological polar surface area (TPSA) is 242 Å². The molecule has 0 unspecified atom stereocenters. The summed E-state index contributed by atoms with van der Waals surface area (Å²) < 4.78 is 35.8. The van der Waals surface area contributed by atoms with Gasteiger partial charge in [0, 0.05) is 50.6 Å². The van der Waals surface area contributed by atoms with E-state index in [0.717, 1.165) is 64.7 Å². The number of thiazole rings is 2. The monoisotopic (exact) mass is 938 g/mol. The summed E-state index contributed by atoms with van der Waals surface area (Å²) in [5.41, 5.74) is 6.41. The van der Waals surface area contributed by atoms with Crippen LogP contribution in [-0.4, -0.2) is 101 Å². The van der Waals surface area contributed by atoms with E-state index in [1.807, 2.05) is 49.4 Å². The van der Waals surface area contributed by atoms with Gasteiger partial charge in [0.15, 0.2) is 0 Å². The number of hydrogen-bond acceptors (Lipinski definition) is 20. The van der Waals surface area contributed by atoms with Crippen LogP contribution in [0.3, 0.4) is 0 Å². The maximum Gasteiger partial charge on any atom is 0.296 e. The maximum absolute atomic E-state index is 12.2. The zero-order valence-electron chi connectivity index (χ0n) is 36.8. The highest BCUT2D eigenvalue weighted by Gasteiger charge is 2.20. The van der Waals surface area contributed by atoms with Crippen LogP contribution < -0.4 is 25.3 Å². The van der Waals surface area contributed by atoms with Crippen LogP contribution in [0.15, 0.2) is 92.1 Å². The molecule has 0 radical (unpaired) electrons. The third-order valence-electron chi connectivity index (χ3n) is 10.2. The molecule has 0 amide bonds. The number of nitrogens with zero attached hydrogens (tertiary/aromatic N) is 12. The standard InChI is InChI=1S/C43H50N14O5S3/c1-7-55(8-2)28-12-15-30(51-53-42-46-32-14-11-26(5)21-35(32)63-42)33(24-28)44-39-48-40(50-41(49-39)57(17-19-58)18-20-59)45-34-25-29(56(9-3)10-4)13-16-31(34)52-54-43-47-38-36(64-43)22-27(6)23-37(38)65(60,61)62/h11-16,21-25,58-59H,7-10,17-20H2,1-6H3,(H,60,61,62)(H2,44,45,48,49,50)/b53-51+,54-52+. The van der Waals surface area contributed by atoms with Gasteiger partial charge in [0.25, 0.3) is 10.1 Å². The Morgan fingerprint density at radius 3 is 1.65 bits per heavy atom. The quantitative estimate of drug-likeness (QED) is 0.0353. The third kappa shape index (κ3) is 11.2. The largest absolute Gasteiger partial charge is 0.395 e. The van der Waals surface area contributed by atoms with Crippen LogP contribution >= 0.6 is 22.7 Å². The Labute approximate surface area is 384 Å². The van der Waals surface area contributed by atoms with E-state index in [0.29, 0.717) is 38.1 Å². The number of aryl methyl sites for hydroxylation is 2. The molecule has 0 saturated carbocycles. The first-order valence-electron chi connectivity index (χ1n) is 21.0. The van der Waals surface area contributed by atoms with Crippen molar-refractivity contribution < 1.29 is 23.2 Å². The predicted octanol–water partition coefficient (Wildman–Crippen LogP) is 9.76. The Morgan fingerprint density at radius 2 is 1.12 bits per heavy atom. The van der Waals surface area contributed by atoms with E-state index in [1.54, 1.807) is 24.0 Å². The number of aromatic nitrogens is 5. The molecule has 0 fully saturated rings. The van der Waals surface area contributed by atoms with Crippen LogP contribution in [-0.2, 0) is 10.1 Å². The average molecular weight is 939 g/mol. The smallest absolute Gasteiger partial charge is 0.296 e. The van der Waals surface area contributed by atoms with E-state index in [9.17, 15) is 23.2 Å². The van der Waals surface area contributed by atoms with E-state index in [1.165, 1.54) is 17.4 Å². The zero-order valence-corrected chi connectivity index (χ0v) is 39.2. The number of anilines is 7. The highest BCUT2D eigenvalue weighted by molar-refractivity contribution is 7.86. The van der Waals surface area contributed by atoms with Crippen molar-refractivity contribution in [3.05, 3.63) is 77.9 Å². The van der Waals surface area contributed by atoms with E-state index in [4.69, 9.17) is 15.0 Å². The predicted molar refractivity (Wildman–Crippen MR) is 260 cm³/mol. The summed E-state index contributed by atoms with van der Waals surface area (Å²) >= 11 is 2.57. The number of aliphatic hydroxyl groups excluding tert-OH is 2. The second kappa shape index (κ2) is 20.7. The van der Waals surface area contributed by atoms with Gasteiger partial charge in [0.1, 0.15) is 21.8 Å². The lowest BCUT2D eigenvalue weighted by Gasteiger charge is -2.24. The van der Waals surface area contributed by atoms with Gasteiger partial charge in [-0.25, -0.2) is 9.97 Å². The molecule has 0 aliphatic rings. The van der Waals surface area contributed by atoms with Gasteiger partial charge >= 0.3 is 0 Å². The van der Waals surface area contributed by atoms with Crippen LogP contribution in [0.1, 0.15) is 38.8 Å². The minimum Gasteiger partial charge on any atom is -0.395 e. The summed E-state index contributed by atoms with van der Waals surface area (Å²) in [6.07, 6.45) is 0.